The molecule has 0 N–H and O–H groups in total. The quantitative estimate of drug-likeness (QED) is 0.0657. The minimum Gasteiger partial charge on any atom is -0.548 e. The van der Waals surface area contributed by atoms with Crippen LogP contribution >= 0.6 is 0 Å². The summed E-state index contributed by atoms with van der Waals surface area (Å²) < 4.78 is 58.7. The molecule has 2 aliphatic rings. The maximum atomic E-state index is 11.5. The van der Waals surface area contributed by atoms with Crippen molar-refractivity contribution in [2.45, 2.75) is 61.4 Å². The molecule has 2 fully saturated rings. The van der Waals surface area contributed by atoms with Crippen molar-refractivity contribution < 1.29 is 368 Å². The molecular formula is C28H30Na8O27. The first kappa shape index (κ1) is 80.4. The summed E-state index contributed by atoms with van der Waals surface area (Å²) in [6, 6.07) is 0. The van der Waals surface area contributed by atoms with E-state index in [2.05, 4.69) is 0 Å². The minimum atomic E-state index is -2.22. The zero-order valence-corrected chi connectivity index (χ0v) is 51.9. The fraction of sp³-hybridized carbons (Fsp3) is 0.714. The van der Waals surface area contributed by atoms with E-state index in [9.17, 15) is 79.2 Å². The van der Waals surface area contributed by atoms with E-state index in [4.69, 9.17) is 52.1 Å². The molecule has 0 spiro atoms. The second-order valence-corrected chi connectivity index (χ2v) is 10.9. The van der Waals surface area contributed by atoms with E-state index in [1.54, 1.807) is 0 Å². The molecule has 0 aliphatic carbocycles. The van der Waals surface area contributed by atoms with Gasteiger partial charge in [-0.2, -0.15) is 0 Å². The number of aliphatic carboxylic acids is 8. The fourth-order valence-corrected chi connectivity index (χ4v) is 5.01. The molecule has 312 valence electrons. The van der Waals surface area contributed by atoms with Crippen LogP contribution in [0.3, 0.4) is 0 Å². The molecule has 2 rings (SSSR count). The largest absolute Gasteiger partial charge is 1.00 e. The average Bonchev–Trinajstić information content (AvgIpc) is 3.07. The van der Waals surface area contributed by atoms with Crippen LogP contribution in [-0.2, 0) is 90.5 Å². The molecule has 63 heavy (non-hydrogen) atoms. The normalized spacial score (nSPS) is 24.3. The van der Waals surface area contributed by atoms with Gasteiger partial charge in [0.15, 0.2) is 12.6 Å². The average molecular weight is 982 g/mol. The van der Waals surface area contributed by atoms with Gasteiger partial charge in [0.25, 0.3) is 0 Å². The van der Waals surface area contributed by atoms with Gasteiger partial charge in [-0.3, -0.25) is 0 Å². The van der Waals surface area contributed by atoms with Crippen molar-refractivity contribution in [1.29, 1.82) is 0 Å². The fourth-order valence-electron chi connectivity index (χ4n) is 5.01. The summed E-state index contributed by atoms with van der Waals surface area (Å²) in [5, 5.41) is 90.3. The van der Waals surface area contributed by atoms with E-state index in [1.165, 1.54) is 0 Å². The molecule has 35 heteroatoms. The van der Waals surface area contributed by atoms with Crippen LogP contribution < -0.4 is 277 Å². The third-order valence-electron chi connectivity index (χ3n) is 6.81. The SMILES string of the molecule is O=C([O-])COCC1O[C@@H](O[C@H]2C(COCC(=O)[O-])OC(OCC(=O)[O-])C(OCC(=O)[O-])C2OCC(=O)[O-])C(OCC(=O)[O-])C(OCC(=O)[O-])C1OCC(=O)[O-].[Na+].[Na+].[Na+].[Na+].[Na+].[Na+].[Na+].[Na+]. The van der Waals surface area contributed by atoms with E-state index >= 15 is 0 Å². The molecule has 8 unspecified atom stereocenters. The van der Waals surface area contributed by atoms with Crippen molar-refractivity contribution in [2.75, 3.05) is 66.1 Å². The van der Waals surface area contributed by atoms with E-state index in [0.29, 0.717) is 0 Å². The Morgan fingerprint density at radius 1 is 0.317 bits per heavy atom. The molecule has 0 bridgehead atoms. The second-order valence-electron chi connectivity index (χ2n) is 10.9. The summed E-state index contributed by atoms with van der Waals surface area (Å²) in [6.07, 6.45) is -20.0. The summed E-state index contributed by atoms with van der Waals surface area (Å²) in [5.74, 6) is -15.0. The van der Waals surface area contributed by atoms with Crippen LogP contribution in [0.5, 0.6) is 0 Å². The van der Waals surface area contributed by atoms with Crippen molar-refractivity contribution in [3.05, 3.63) is 0 Å². The first-order chi connectivity index (χ1) is 25.9. The van der Waals surface area contributed by atoms with Crippen LogP contribution in [0.1, 0.15) is 0 Å². The Morgan fingerprint density at radius 3 is 0.921 bits per heavy atom. The molecule has 0 amide bonds. The van der Waals surface area contributed by atoms with Crippen molar-refractivity contribution in [1.82, 2.24) is 0 Å². The number of carboxylic acid groups (broad SMARTS) is 8. The van der Waals surface area contributed by atoms with E-state index < -0.39 is 175 Å². The zero-order chi connectivity index (χ0) is 41.2. The number of hydrogen-bond acceptors (Lipinski definition) is 27. The maximum absolute atomic E-state index is 11.5. The van der Waals surface area contributed by atoms with Gasteiger partial charge in [0.2, 0.25) is 0 Å². The van der Waals surface area contributed by atoms with Crippen molar-refractivity contribution in [3.63, 3.8) is 0 Å². The summed E-state index contributed by atoms with van der Waals surface area (Å²) in [4.78, 5) is 90.3. The standard InChI is InChI=1S/C28H38O27.8Na/c29-13(30)3-45-1-11-21(47-5-15(33)34)23(48-6-16(35)36)26(51-9-19(41)42)28(54-11)55-22-12(2-46-4-14(31)32)53-27(52-10-20(43)44)25(50-8-18(39)40)24(22)49-7-17(37)38;;;;;;;;/h11-12,21-28H,1-10H2,(H,29,30)(H,31,32)(H,33,34)(H,35,36)(H,37,38)(H,39,40)(H,41,42)(H,43,44);;;;;;;;/q;8*+1/p-8/t11?,12?,21?,22-,23?,24?,25?,26?,27?,28-;;;;;;;;/m0......../s1. The molecule has 0 aromatic carbocycles. The van der Waals surface area contributed by atoms with Gasteiger partial charge in [0.05, 0.1) is 114 Å². The van der Waals surface area contributed by atoms with Crippen LogP contribution in [0, 0.1) is 0 Å². The van der Waals surface area contributed by atoms with Gasteiger partial charge in [0, 0.05) is 0 Å². The van der Waals surface area contributed by atoms with E-state index in [1.807, 2.05) is 0 Å². The van der Waals surface area contributed by atoms with Crippen molar-refractivity contribution in [2.24, 2.45) is 0 Å². The maximum Gasteiger partial charge on any atom is 1.00 e. The van der Waals surface area contributed by atoms with E-state index in [-0.39, 0.29) is 236 Å². The third kappa shape index (κ3) is 32.8. The van der Waals surface area contributed by atoms with Gasteiger partial charge in [-0.25, -0.2) is 0 Å². The zero-order valence-electron chi connectivity index (χ0n) is 35.9. The molecule has 2 saturated heterocycles. The summed E-state index contributed by atoms with van der Waals surface area (Å²) in [7, 11) is 0. The first-order valence-electron chi connectivity index (χ1n) is 15.3. The van der Waals surface area contributed by atoms with Crippen molar-refractivity contribution >= 4 is 47.8 Å². The Bertz CT molecular complexity index is 1370. The molecule has 0 aromatic rings. The monoisotopic (exact) mass is 982 g/mol. The number of carbonyl (C=O) groups excluding carboxylic acids is 8. The molecular weight excluding hydrogens is 952 g/mol. The molecule has 0 aromatic heterocycles. The molecule has 2 heterocycles. The number of ether oxygens (including phenoxy) is 11. The van der Waals surface area contributed by atoms with Crippen LogP contribution in [0.2, 0.25) is 0 Å². The Balaban J connectivity index is -0.000000784. The van der Waals surface area contributed by atoms with Gasteiger partial charge in [-0.15, -0.1) is 0 Å². The second kappa shape index (κ2) is 44.1. The molecule has 10 atom stereocenters. The summed E-state index contributed by atoms with van der Waals surface area (Å²) in [6.45, 7) is -12.1. The predicted molar refractivity (Wildman–Crippen MR) is 139 cm³/mol. The summed E-state index contributed by atoms with van der Waals surface area (Å²) in [5.41, 5.74) is 0. The van der Waals surface area contributed by atoms with Crippen LogP contribution in [0.4, 0.5) is 0 Å². The predicted octanol–water partition coefficient (Wildman–Crippen LogP) is -39.2. The molecule has 0 radical (unpaired) electrons. The Kier molecular flexibility index (Phi) is 56.2. The molecule has 2 aliphatic heterocycles. The van der Waals surface area contributed by atoms with Gasteiger partial charge in [-0.05, 0) is 0 Å². The van der Waals surface area contributed by atoms with Crippen molar-refractivity contribution in [3.8, 4) is 0 Å². The van der Waals surface area contributed by atoms with Gasteiger partial charge >= 0.3 is 236 Å². The van der Waals surface area contributed by atoms with E-state index in [0.717, 1.165) is 0 Å². The van der Waals surface area contributed by atoms with Crippen LogP contribution in [-0.4, -0.2) is 175 Å². The Labute approximate surface area is 534 Å². The van der Waals surface area contributed by atoms with Gasteiger partial charge < -0.3 is 131 Å². The van der Waals surface area contributed by atoms with Gasteiger partial charge in [0.1, 0.15) is 48.8 Å². The molecule has 0 saturated carbocycles. The smallest absolute Gasteiger partial charge is 0.548 e. The topological polar surface area (TPSA) is 423 Å². The Morgan fingerprint density at radius 2 is 0.571 bits per heavy atom. The van der Waals surface area contributed by atoms with Gasteiger partial charge in [-0.1, -0.05) is 0 Å². The number of carboxylic acids is 8. The minimum absolute atomic E-state index is 0. The third-order valence-corrected chi connectivity index (χ3v) is 6.81. The number of hydrogen-bond donors (Lipinski definition) is 0. The Hall–Kier alpha value is 3.32. The number of rotatable bonds is 28. The number of carbonyl (C=O) groups is 8. The molecule has 27 nitrogen and oxygen atoms in total. The van der Waals surface area contributed by atoms with Crippen LogP contribution in [0.15, 0.2) is 0 Å². The first-order valence-corrected chi connectivity index (χ1v) is 15.3. The van der Waals surface area contributed by atoms with Crippen LogP contribution in [0.25, 0.3) is 0 Å². The summed E-state index contributed by atoms with van der Waals surface area (Å²) >= 11 is 0.